The Balaban J connectivity index is 2.23. The van der Waals surface area contributed by atoms with Crippen LogP contribution in [0.15, 0.2) is 124 Å². The summed E-state index contributed by atoms with van der Waals surface area (Å²) >= 11 is 0. The number of amidine groups is 1. The molecule has 1 aromatic carbocycles. The van der Waals surface area contributed by atoms with Crippen molar-refractivity contribution in [2.75, 3.05) is 0 Å². The number of hydrogen-bond acceptors (Lipinski definition) is 5. The minimum Gasteiger partial charge on any atom is -0.420 e. The van der Waals surface area contributed by atoms with E-state index in [-0.39, 0.29) is 6.04 Å². The van der Waals surface area contributed by atoms with E-state index in [9.17, 15) is 0 Å². The lowest BCUT2D eigenvalue weighted by molar-refractivity contribution is 0.520. The Labute approximate surface area is 239 Å². The van der Waals surface area contributed by atoms with Gasteiger partial charge in [-0.1, -0.05) is 84.9 Å². The molecule has 0 aliphatic rings. The van der Waals surface area contributed by atoms with Crippen molar-refractivity contribution in [3.63, 3.8) is 0 Å². The van der Waals surface area contributed by atoms with Crippen LogP contribution < -0.4 is 5.32 Å². The van der Waals surface area contributed by atoms with Crippen molar-refractivity contribution < 1.29 is 4.42 Å². The minimum atomic E-state index is 0.106. The highest BCUT2D eigenvalue weighted by molar-refractivity contribution is 5.99. The summed E-state index contributed by atoms with van der Waals surface area (Å²) in [5.41, 5.74) is 2.73. The molecular formula is C34H39N5O. The van der Waals surface area contributed by atoms with Gasteiger partial charge in [-0.05, 0) is 63.8 Å². The lowest BCUT2D eigenvalue weighted by atomic mass is 10.1. The summed E-state index contributed by atoms with van der Waals surface area (Å²) in [7, 11) is 0. The Morgan fingerprint density at radius 1 is 1.07 bits per heavy atom. The molecule has 0 radical (unpaired) electrons. The molecule has 6 heteroatoms. The fraction of sp³-hybridized carbons (Fsp3) is 0.235. The van der Waals surface area contributed by atoms with E-state index in [4.69, 9.17) is 10.8 Å². The fourth-order valence-electron chi connectivity index (χ4n) is 3.36. The van der Waals surface area contributed by atoms with Gasteiger partial charge in [0.1, 0.15) is 0 Å². The molecule has 0 amide bonds. The third-order valence-electron chi connectivity index (χ3n) is 5.42. The molecular weight excluding hydrogens is 494 g/mol. The molecule has 0 aliphatic heterocycles. The van der Waals surface area contributed by atoms with Crippen molar-refractivity contribution in [3.05, 3.63) is 121 Å². The van der Waals surface area contributed by atoms with E-state index in [0.717, 1.165) is 29.5 Å². The quantitative estimate of drug-likeness (QED) is 0.0635. The standard InChI is InChI=1S/C34H39N5O/c1-6-10-13-15-17-20-28(5)36-33(38-35-27-29(19-9-4)21-12-8-3)30-23-25-31(26-24-30)34-39-37-32(40-34)22-18-16-14-11-7-2/h1,7-13,15-18,21,23-28H,4,14,19-20,22H2,2-3,5H3,(H,36,38)/b11-7-,12-8-,13-10-,17-15-,18-16-,29-21+,35-27+. The molecule has 0 spiro atoms. The zero-order valence-electron chi connectivity index (χ0n) is 23.7. The van der Waals surface area contributed by atoms with Gasteiger partial charge in [0, 0.05) is 23.6 Å². The molecule has 1 aromatic heterocycles. The average Bonchev–Trinajstić information content (AvgIpc) is 3.44. The van der Waals surface area contributed by atoms with Crippen molar-refractivity contribution in [2.24, 2.45) is 10.2 Å². The summed E-state index contributed by atoms with van der Waals surface area (Å²) in [6.45, 7) is 9.89. The van der Waals surface area contributed by atoms with E-state index in [2.05, 4.69) is 63.4 Å². The first-order valence-electron chi connectivity index (χ1n) is 13.4. The summed E-state index contributed by atoms with van der Waals surface area (Å²) in [4.78, 5) is 0. The van der Waals surface area contributed by atoms with E-state index >= 15 is 0 Å². The van der Waals surface area contributed by atoms with Gasteiger partial charge >= 0.3 is 0 Å². The van der Waals surface area contributed by atoms with Gasteiger partial charge in [0.05, 0.1) is 6.21 Å². The van der Waals surface area contributed by atoms with E-state index in [1.54, 1.807) is 12.3 Å². The topological polar surface area (TPSA) is 75.7 Å². The van der Waals surface area contributed by atoms with Crippen molar-refractivity contribution in [1.29, 1.82) is 0 Å². The molecule has 0 saturated carbocycles. The van der Waals surface area contributed by atoms with Crippen LogP contribution in [0.1, 0.15) is 51.5 Å². The number of rotatable bonds is 15. The fourth-order valence-corrected chi connectivity index (χ4v) is 3.36. The lowest BCUT2D eigenvalue weighted by Crippen LogP contribution is -2.32. The first-order valence-corrected chi connectivity index (χ1v) is 13.4. The SMILES string of the molecule is C#C/C=C\C=C/CC(C)N\C(=N/N=C/C(=C/C=C\C)CC=C)c1ccc(-c2nnc(C/C=C\C/C=C\C)o2)cc1. The Kier molecular flexibility index (Phi) is 15.2. The van der Waals surface area contributed by atoms with Crippen LogP contribution in [0.5, 0.6) is 0 Å². The summed E-state index contributed by atoms with van der Waals surface area (Å²) in [6, 6.07) is 7.93. The molecule has 206 valence electrons. The largest absolute Gasteiger partial charge is 0.420 e. The van der Waals surface area contributed by atoms with E-state index in [0.29, 0.717) is 30.5 Å². The van der Waals surface area contributed by atoms with Gasteiger partial charge in [-0.25, -0.2) is 0 Å². The predicted molar refractivity (Wildman–Crippen MR) is 169 cm³/mol. The highest BCUT2D eigenvalue weighted by atomic mass is 16.4. The van der Waals surface area contributed by atoms with Crippen molar-refractivity contribution in [3.8, 4) is 23.8 Å². The maximum atomic E-state index is 5.85. The number of benzene rings is 1. The van der Waals surface area contributed by atoms with Gasteiger partial charge in [-0.15, -0.1) is 28.3 Å². The molecule has 0 bridgehead atoms. The van der Waals surface area contributed by atoms with Crippen LogP contribution in [0.25, 0.3) is 11.5 Å². The number of nitrogens with one attached hydrogen (secondary N) is 1. The molecule has 1 N–H and O–H groups in total. The summed E-state index contributed by atoms with van der Waals surface area (Å²) in [5.74, 6) is 4.19. The normalized spacial score (nSPS) is 13.9. The molecule has 6 nitrogen and oxygen atoms in total. The third kappa shape index (κ3) is 12.2. The number of allylic oxidation sites excluding steroid dienone is 12. The highest BCUT2D eigenvalue weighted by Crippen LogP contribution is 2.19. The molecule has 40 heavy (non-hydrogen) atoms. The molecule has 2 aromatic rings. The average molecular weight is 534 g/mol. The van der Waals surface area contributed by atoms with Crippen molar-refractivity contribution in [1.82, 2.24) is 15.5 Å². The first-order chi connectivity index (χ1) is 19.6. The Morgan fingerprint density at radius 3 is 2.62 bits per heavy atom. The van der Waals surface area contributed by atoms with Gasteiger partial charge in [-0.3, -0.25) is 0 Å². The van der Waals surface area contributed by atoms with Crippen LogP contribution in [0.2, 0.25) is 0 Å². The van der Waals surface area contributed by atoms with Crippen LogP contribution in [-0.2, 0) is 6.42 Å². The summed E-state index contributed by atoms with van der Waals surface area (Å²) in [5, 5.41) is 20.8. The van der Waals surface area contributed by atoms with Crippen LogP contribution >= 0.6 is 0 Å². The zero-order valence-corrected chi connectivity index (χ0v) is 23.7. The predicted octanol–water partition coefficient (Wildman–Crippen LogP) is 7.73. The molecule has 1 atom stereocenters. The molecule has 0 saturated heterocycles. The van der Waals surface area contributed by atoms with Gasteiger partial charge < -0.3 is 9.73 Å². The Hall–Kier alpha value is -4.76. The maximum absolute atomic E-state index is 5.85. The maximum Gasteiger partial charge on any atom is 0.247 e. The van der Waals surface area contributed by atoms with E-state index in [1.807, 2.05) is 86.7 Å². The van der Waals surface area contributed by atoms with Crippen molar-refractivity contribution in [2.45, 2.75) is 52.5 Å². The van der Waals surface area contributed by atoms with Gasteiger partial charge in [0.2, 0.25) is 11.8 Å². The second kappa shape index (κ2) is 19.3. The Morgan fingerprint density at radius 2 is 1.90 bits per heavy atom. The Bertz CT molecular complexity index is 1330. The first kappa shape index (κ1) is 31.5. The van der Waals surface area contributed by atoms with E-state index in [1.165, 1.54) is 0 Å². The van der Waals surface area contributed by atoms with Gasteiger partial charge in [0.25, 0.3) is 0 Å². The summed E-state index contributed by atoms with van der Waals surface area (Å²) < 4.78 is 5.85. The smallest absolute Gasteiger partial charge is 0.247 e. The molecule has 0 fully saturated rings. The third-order valence-corrected chi connectivity index (χ3v) is 5.42. The van der Waals surface area contributed by atoms with Crippen molar-refractivity contribution >= 4 is 12.1 Å². The number of hydrogen-bond donors (Lipinski definition) is 1. The second-order valence-corrected chi connectivity index (χ2v) is 8.75. The number of aromatic nitrogens is 2. The lowest BCUT2D eigenvalue weighted by Gasteiger charge is -2.15. The van der Waals surface area contributed by atoms with Gasteiger partial charge in [-0.2, -0.15) is 5.10 Å². The number of nitrogens with zero attached hydrogens (tertiary/aromatic N) is 4. The van der Waals surface area contributed by atoms with Gasteiger partial charge in [0.15, 0.2) is 5.84 Å². The zero-order chi connectivity index (χ0) is 28.8. The molecule has 1 heterocycles. The van der Waals surface area contributed by atoms with Crippen LogP contribution in [0.3, 0.4) is 0 Å². The summed E-state index contributed by atoms with van der Waals surface area (Å²) in [6.07, 6.45) is 33.5. The second-order valence-electron chi connectivity index (χ2n) is 8.75. The highest BCUT2D eigenvalue weighted by Gasteiger charge is 2.11. The number of terminal acetylenes is 1. The molecule has 2 rings (SSSR count). The van der Waals surface area contributed by atoms with Crippen LogP contribution in [0, 0.1) is 12.3 Å². The molecule has 0 aliphatic carbocycles. The minimum absolute atomic E-state index is 0.106. The van der Waals surface area contributed by atoms with Crippen LogP contribution in [-0.4, -0.2) is 28.3 Å². The monoisotopic (exact) mass is 533 g/mol. The molecule has 1 unspecified atom stereocenters. The van der Waals surface area contributed by atoms with Crippen LogP contribution in [0.4, 0.5) is 0 Å². The van der Waals surface area contributed by atoms with E-state index < -0.39 is 0 Å².